The molecule has 0 N–H and O–H groups in total. The van der Waals surface area contributed by atoms with E-state index in [1.807, 2.05) is 32.0 Å². The van der Waals surface area contributed by atoms with Crippen LogP contribution in [0.1, 0.15) is 19.4 Å². The smallest absolute Gasteiger partial charge is 0.120 e. The van der Waals surface area contributed by atoms with Crippen molar-refractivity contribution >= 4 is 22.6 Å². The van der Waals surface area contributed by atoms with Crippen LogP contribution in [0.5, 0.6) is 5.75 Å². The molecule has 14 heavy (non-hydrogen) atoms. The van der Waals surface area contributed by atoms with Crippen LogP contribution in [0.3, 0.4) is 0 Å². The van der Waals surface area contributed by atoms with Crippen molar-refractivity contribution in [2.75, 3.05) is 0 Å². The molecular formula is C11H12INO. The number of hydrogen-bond acceptors (Lipinski definition) is 2. The summed E-state index contributed by atoms with van der Waals surface area (Å²) in [5.41, 5.74) is 1.03. The van der Waals surface area contributed by atoms with Gasteiger partial charge >= 0.3 is 0 Å². The molecule has 0 saturated carbocycles. The number of benzene rings is 1. The van der Waals surface area contributed by atoms with Gasteiger partial charge in [-0.25, -0.2) is 0 Å². The molecule has 0 atom stereocenters. The van der Waals surface area contributed by atoms with E-state index in [-0.39, 0.29) is 6.10 Å². The van der Waals surface area contributed by atoms with Gasteiger partial charge in [0.1, 0.15) is 5.75 Å². The minimum atomic E-state index is 0.171. The number of ether oxygens (including phenoxy) is 1. The van der Waals surface area contributed by atoms with Crippen molar-refractivity contribution < 1.29 is 4.74 Å². The van der Waals surface area contributed by atoms with Crippen molar-refractivity contribution in [2.24, 2.45) is 0 Å². The fourth-order valence-corrected chi connectivity index (χ4v) is 1.64. The molecule has 0 aliphatic rings. The molecule has 0 aliphatic carbocycles. The molecule has 0 unspecified atom stereocenters. The summed E-state index contributed by atoms with van der Waals surface area (Å²) in [6, 6.07) is 7.99. The highest BCUT2D eigenvalue weighted by Crippen LogP contribution is 2.20. The van der Waals surface area contributed by atoms with Crippen molar-refractivity contribution in [1.29, 1.82) is 5.26 Å². The molecule has 2 nitrogen and oxygen atoms in total. The molecule has 0 heterocycles. The van der Waals surface area contributed by atoms with E-state index in [0.717, 1.165) is 14.9 Å². The largest absolute Gasteiger partial charge is 0.491 e. The lowest BCUT2D eigenvalue weighted by Gasteiger charge is -2.10. The van der Waals surface area contributed by atoms with Crippen LogP contribution >= 0.6 is 22.6 Å². The Morgan fingerprint density at radius 2 is 2.21 bits per heavy atom. The van der Waals surface area contributed by atoms with E-state index < -0.39 is 0 Å². The van der Waals surface area contributed by atoms with Crippen LogP contribution in [-0.2, 0) is 6.42 Å². The molecule has 0 fully saturated rings. The zero-order valence-corrected chi connectivity index (χ0v) is 10.4. The predicted octanol–water partition coefficient (Wildman–Crippen LogP) is 3.14. The summed E-state index contributed by atoms with van der Waals surface area (Å²) in [4.78, 5) is 0. The molecule has 1 aromatic rings. The third-order valence-electron chi connectivity index (χ3n) is 1.66. The van der Waals surface area contributed by atoms with E-state index in [9.17, 15) is 0 Å². The topological polar surface area (TPSA) is 33.0 Å². The van der Waals surface area contributed by atoms with Gasteiger partial charge in [-0.1, -0.05) is 0 Å². The molecule has 0 saturated heterocycles. The van der Waals surface area contributed by atoms with Crippen molar-refractivity contribution in [3.05, 3.63) is 27.3 Å². The SMILES string of the molecule is CC(C)Oc1ccc(I)c(CC#N)c1. The maximum atomic E-state index is 8.62. The average Bonchev–Trinajstić information content (AvgIpc) is 2.10. The van der Waals surface area contributed by atoms with Crippen molar-refractivity contribution in [1.82, 2.24) is 0 Å². The lowest BCUT2D eigenvalue weighted by Crippen LogP contribution is -2.05. The fourth-order valence-electron chi connectivity index (χ4n) is 1.12. The summed E-state index contributed by atoms with van der Waals surface area (Å²) in [5, 5.41) is 8.62. The Morgan fingerprint density at radius 1 is 1.50 bits per heavy atom. The molecule has 0 radical (unpaired) electrons. The lowest BCUT2D eigenvalue weighted by atomic mass is 10.1. The van der Waals surface area contributed by atoms with Gasteiger partial charge in [0.15, 0.2) is 0 Å². The normalized spacial score (nSPS) is 9.93. The first kappa shape index (κ1) is 11.3. The zero-order valence-electron chi connectivity index (χ0n) is 8.25. The van der Waals surface area contributed by atoms with Gasteiger partial charge in [0.25, 0.3) is 0 Å². The maximum Gasteiger partial charge on any atom is 0.120 e. The van der Waals surface area contributed by atoms with Crippen LogP contribution in [0.15, 0.2) is 18.2 Å². The Balaban J connectivity index is 2.89. The highest BCUT2D eigenvalue weighted by atomic mass is 127. The predicted molar refractivity (Wildman–Crippen MR) is 64.2 cm³/mol. The molecule has 0 bridgehead atoms. The quantitative estimate of drug-likeness (QED) is 0.804. The summed E-state index contributed by atoms with van der Waals surface area (Å²) < 4.78 is 6.65. The van der Waals surface area contributed by atoms with Crippen LogP contribution in [0, 0.1) is 14.9 Å². The summed E-state index contributed by atoms with van der Waals surface area (Å²) >= 11 is 2.23. The monoisotopic (exact) mass is 301 g/mol. The van der Waals surface area contributed by atoms with E-state index in [2.05, 4.69) is 28.7 Å². The molecule has 1 rings (SSSR count). The Labute approximate surface area is 98.0 Å². The summed E-state index contributed by atoms with van der Waals surface area (Å²) in [5.74, 6) is 0.839. The van der Waals surface area contributed by atoms with E-state index in [4.69, 9.17) is 10.00 Å². The molecular weight excluding hydrogens is 289 g/mol. The average molecular weight is 301 g/mol. The first-order valence-corrected chi connectivity index (χ1v) is 5.53. The van der Waals surface area contributed by atoms with E-state index in [1.165, 1.54) is 0 Å². The zero-order chi connectivity index (χ0) is 10.6. The van der Waals surface area contributed by atoms with Crippen LogP contribution in [0.25, 0.3) is 0 Å². The number of nitriles is 1. The van der Waals surface area contributed by atoms with Crippen molar-refractivity contribution in [3.8, 4) is 11.8 Å². The highest BCUT2D eigenvalue weighted by molar-refractivity contribution is 14.1. The van der Waals surface area contributed by atoms with Gasteiger partial charge < -0.3 is 4.74 Å². The molecule has 0 aliphatic heterocycles. The fraction of sp³-hybridized carbons (Fsp3) is 0.364. The number of hydrogen-bond donors (Lipinski definition) is 0. The third kappa shape index (κ3) is 3.18. The minimum Gasteiger partial charge on any atom is -0.491 e. The van der Waals surface area contributed by atoms with E-state index in [0.29, 0.717) is 6.42 Å². The van der Waals surface area contributed by atoms with Gasteiger partial charge in [-0.2, -0.15) is 5.26 Å². The second-order valence-corrected chi connectivity index (χ2v) is 4.42. The Hall–Kier alpha value is -0.760. The van der Waals surface area contributed by atoms with Crippen LogP contribution in [-0.4, -0.2) is 6.10 Å². The first-order valence-electron chi connectivity index (χ1n) is 4.45. The molecule has 0 aromatic heterocycles. The summed E-state index contributed by atoms with van der Waals surface area (Å²) in [7, 11) is 0. The van der Waals surface area contributed by atoms with Gasteiger partial charge in [0.05, 0.1) is 18.6 Å². The lowest BCUT2D eigenvalue weighted by molar-refractivity contribution is 0.242. The van der Waals surface area contributed by atoms with Crippen LogP contribution in [0.2, 0.25) is 0 Å². The standard InChI is InChI=1S/C11H12INO/c1-8(2)14-10-3-4-11(12)9(7-10)5-6-13/h3-4,7-8H,5H2,1-2H3. The van der Waals surface area contributed by atoms with Crippen LogP contribution < -0.4 is 4.74 Å². The molecule has 0 spiro atoms. The van der Waals surface area contributed by atoms with Crippen LogP contribution in [0.4, 0.5) is 0 Å². The Bertz CT molecular complexity index is 355. The number of halogens is 1. The molecule has 3 heteroatoms. The summed E-state index contributed by atoms with van der Waals surface area (Å²) in [6.07, 6.45) is 0.609. The van der Waals surface area contributed by atoms with Gasteiger partial charge in [0.2, 0.25) is 0 Å². The number of nitrogens with zero attached hydrogens (tertiary/aromatic N) is 1. The minimum absolute atomic E-state index is 0.171. The third-order valence-corrected chi connectivity index (χ3v) is 2.71. The number of rotatable bonds is 3. The Morgan fingerprint density at radius 3 is 2.79 bits per heavy atom. The molecule has 0 amide bonds. The van der Waals surface area contributed by atoms with Gasteiger partial charge in [-0.05, 0) is 60.2 Å². The van der Waals surface area contributed by atoms with Crippen molar-refractivity contribution in [3.63, 3.8) is 0 Å². The second-order valence-electron chi connectivity index (χ2n) is 3.25. The summed E-state index contributed by atoms with van der Waals surface area (Å²) in [6.45, 7) is 3.98. The highest BCUT2D eigenvalue weighted by Gasteiger charge is 2.03. The molecule has 74 valence electrons. The first-order chi connectivity index (χ1) is 6.63. The van der Waals surface area contributed by atoms with Gasteiger partial charge in [-0.3, -0.25) is 0 Å². The second kappa shape index (κ2) is 5.20. The van der Waals surface area contributed by atoms with E-state index >= 15 is 0 Å². The van der Waals surface area contributed by atoms with Gasteiger partial charge in [0, 0.05) is 3.57 Å². The molecule has 1 aromatic carbocycles. The Kier molecular flexibility index (Phi) is 4.21. The van der Waals surface area contributed by atoms with Gasteiger partial charge in [-0.15, -0.1) is 0 Å². The maximum absolute atomic E-state index is 8.62. The van der Waals surface area contributed by atoms with Crippen molar-refractivity contribution in [2.45, 2.75) is 26.4 Å². The van der Waals surface area contributed by atoms with E-state index in [1.54, 1.807) is 0 Å².